The number of hydrogen-bond acceptors (Lipinski definition) is 3. The topological polar surface area (TPSA) is 43.7 Å². The summed E-state index contributed by atoms with van der Waals surface area (Å²) in [5.41, 5.74) is -0.153. The molecule has 1 fully saturated rings. The third kappa shape index (κ3) is 1.41. The Morgan fingerprint density at radius 1 is 1.64 bits per heavy atom. The molecule has 0 spiro atoms. The van der Waals surface area contributed by atoms with E-state index in [1.54, 1.807) is 0 Å². The first-order valence-electron chi connectivity index (χ1n) is 4.15. The summed E-state index contributed by atoms with van der Waals surface area (Å²) in [7, 11) is 1.95. The molecule has 3 nitrogen and oxygen atoms in total. The molecule has 0 aromatic heterocycles. The maximum atomic E-state index is 9.34. The summed E-state index contributed by atoms with van der Waals surface area (Å²) in [5.74, 6) is 0. The molecule has 2 unspecified atom stereocenters. The van der Waals surface area contributed by atoms with E-state index in [1.807, 2.05) is 14.0 Å². The van der Waals surface area contributed by atoms with E-state index in [0.717, 1.165) is 6.42 Å². The SMILES string of the molecule is CCC1(CO)CC(O)CN1C. The zero-order valence-corrected chi connectivity index (χ0v) is 7.25. The van der Waals surface area contributed by atoms with Crippen molar-refractivity contribution in [2.24, 2.45) is 0 Å². The first-order valence-corrected chi connectivity index (χ1v) is 4.15. The van der Waals surface area contributed by atoms with Gasteiger partial charge in [0.05, 0.1) is 12.7 Å². The minimum Gasteiger partial charge on any atom is -0.394 e. The number of nitrogens with zero attached hydrogens (tertiary/aromatic N) is 1. The highest BCUT2D eigenvalue weighted by molar-refractivity contribution is 4.96. The van der Waals surface area contributed by atoms with Gasteiger partial charge in [0.15, 0.2) is 0 Å². The van der Waals surface area contributed by atoms with E-state index >= 15 is 0 Å². The molecule has 1 saturated heterocycles. The maximum absolute atomic E-state index is 9.34. The van der Waals surface area contributed by atoms with Crippen LogP contribution in [0.15, 0.2) is 0 Å². The number of likely N-dealkylation sites (tertiary alicyclic amines) is 1. The molecule has 3 heteroatoms. The van der Waals surface area contributed by atoms with Gasteiger partial charge in [-0.3, -0.25) is 4.90 Å². The monoisotopic (exact) mass is 159 g/mol. The minimum absolute atomic E-state index is 0.150. The highest BCUT2D eigenvalue weighted by atomic mass is 16.3. The Balaban J connectivity index is 2.67. The van der Waals surface area contributed by atoms with Gasteiger partial charge in [0, 0.05) is 12.1 Å². The van der Waals surface area contributed by atoms with Gasteiger partial charge in [-0.25, -0.2) is 0 Å². The van der Waals surface area contributed by atoms with Gasteiger partial charge in [0.2, 0.25) is 0 Å². The molecule has 2 atom stereocenters. The molecule has 0 amide bonds. The fourth-order valence-corrected chi connectivity index (χ4v) is 1.88. The largest absolute Gasteiger partial charge is 0.394 e. The summed E-state index contributed by atoms with van der Waals surface area (Å²) in [6.45, 7) is 2.89. The van der Waals surface area contributed by atoms with Crippen LogP contribution < -0.4 is 0 Å². The number of likely N-dealkylation sites (N-methyl/N-ethyl adjacent to an activating group) is 1. The number of hydrogen-bond donors (Lipinski definition) is 2. The van der Waals surface area contributed by atoms with E-state index in [0.29, 0.717) is 13.0 Å². The third-order valence-electron chi connectivity index (χ3n) is 2.86. The average Bonchev–Trinajstić information content (AvgIpc) is 2.27. The molecule has 0 saturated carbocycles. The molecule has 11 heavy (non-hydrogen) atoms. The molecule has 0 aromatic carbocycles. The predicted molar refractivity (Wildman–Crippen MR) is 43.4 cm³/mol. The number of β-amino-alcohol motifs (C(OH)–C–C–N with tert-alkyl or cyclic N) is 1. The lowest BCUT2D eigenvalue weighted by Crippen LogP contribution is -2.43. The zero-order valence-electron chi connectivity index (χ0n) is 7.25. The number of aliphatic hydroxyl groups is 2. The van der Waals surface area contributed by atoms with Crippen molar-refractivity contribution < 1.29 is 10.2 Å². The quantitative estimate of drug-likeness (QED) is 0.587. The van der Waals surface area contributed by atoms with Gasteiger partial charge in [-0.05, 0) is 19.9 Å². The van der Waals surface area contributed by atoms with Gasteiger partial charge in [-0.15, -0.1) is 0 Å². The van der Waals surface area contributed by atoms with Gasteiger partial charge >= 0.3 is 0 Å². The van der Waals surface area contributed by atoms with Crippen LogP contribution in [0.2, 0.25) is 0 Å². The van der Waals surface area contributed by atoms with Gasteiger partial charge in [-0.2, -0.15) is 0 Å². The molecular formula is C8H17NO2. The lowest BCUT2D eigenvalue weighted by Gasteiger charge is -2.32. The average molecular weight is 159 g/mol. The first-order chi connectivity index (χ1) is 5.14. The number of rotatable bonds is 2. The second kappa shape index (κ2) is 3.09. The zero-order chi connectivity index (χ0) is 8.48. The van der Waals surface area contributed by atoms with Crippen molar-refractivity contribution in [3.63, 3.8) is 0 Å². The summed E-state index contributed by atoms with van der Waals surface area (Å²) >= 11 is 0. The van der Waals surface area contributed by atoms with E-state index in [-0.39, 0.29) is 18.2 Å². The van der Waals surface area contributed by atoms with Gasteiger partial charge < -0.3 is 10.2 Å². The van der Waals surface area contributed by atoms with Crippen molar-refractivity contribution in [3.05, 3.63) is 0 Å². The van der Waals surface area contributed by atoms with E-state index in [1.165, 1.54) is 0 Å². The molecule has 66 valence electrons. The van der Waals surface area contributed by atoms with Crippen molar-refractivity contribution in [2.45, 2.75) is 31.4 Å². The fraction of sp³-hybridized carbons (Fsp3) is 1.00. The van der Waals surface area contributed by atoms with Crippen molar-refractivity contribution in [3.8, 4) is 0 Å². The van der Waals surface area contributed by atoms with Crippen LogP contribution in [-0.4, -0.2) is 47.0 Å². The highest BCUT2D eigenvalue weighted by Gasteiger charge is 2.40. The summed E-state index contributed by atoms with van der Waals surface area (Å²) in [6.07, 6.45) is 1.35. The first kappa shape index (κ1) is 8.97. The van der Waals surface area contributed by atoms with Crippen LogP contribution in [0.1, 0.15) is 19.8 Å². The van der Waals surface area contributed by atoms with Gasteiger partial charge in [-0.1, -0.05) is 6.92 Å². The molecule has 2 N–H and O–H groups in total. The molecule has 1 aliphatic rings. The van der Waals surface area contributed by atoms with Crippen molar-refractivity contribution in [1.29, 1.82) is 0 Å². The van der Waals surface area contributed by atoms with Crippen LogP contribution in [0.4, 0.5) is 0 Å². The second-order valence-corrected chi connectivity index (χ2v) is 3.47. The summed E-state index contributed by atoms with van der Waals surface area (Å²) in [5, 5.41) is 18.5. The smallest absolute Gasteiger partial charge is 0.0685 e. The van der Waals surface area contributed by atoms with Crippen LogP contribution in [0.3, 0.4) is 0 Å². The predicted octanol–water partition coefficient (Wildman–Crippen LogP) is -0.176. The Labute approximate surface area is 67.6 Å². The van der Waals surface area contributed by atoms with E-state index in [2.05, 4.69) is 4.90 Å². The lowest BCUT2D eigenvalue weighted by molar-refractivity contribution is 0.0796. The molecular weight excluding hydrogens is 142 g/mol. The van der Waals surface area contributed by atoms with Crippen molar-refractivity contribution >= 4 is 0 Å². The van der Waals surface area contributed by atoms with Gasteiger partial charge in [0.25, 0.3) is 0 Å². The third-order valence-corrected chi connectivity index (χ3v) is 2.86. The Kier molecular flexibility index (Phi) is 2.52. The molecule has 1 aliphatic heterocycles. The fourth-order valence-electron chi connectivity index (χ4n) is 1.88. The Hall–Kier alpha value is -0.120. The van der Waals surface area contributed by atoms with Crippen LogP contribution in [0.25, 0.3) is 0 Å². The molecule has 0 bridgehead atoms. The molecule has 0 radical (unpaired) electrons. The summed E-state index contributed by atoms with van der Waals surface area (Å²) < 4.78 is 0. The Bertz CT molecular complexity index is 134. The molecule has 1 rings (SSSR count). The van der Waals surface area contributed by atoms with Gasteiger partial charge in [0.1, 0.15) is 0 Å². The molecule has 0 aliphatic carbocycles. The number of aliphatic hydroxyl groups excluding tert-OH is 2. The lowest BCUT2D eigenvalue weighted by atomic mass is 9.94. The van der Waals surface area contributed by atoms with E-state index in [9.17, 15) is 5.11 Å². The second-order valence-electron chi connectivity index (χ2n) is 3.47. The molecule has 1 heterocycles. The van der Waals surface area contributed by atoms with Crippen LogP contribution in [0, 0.1) is 0 Å². The van der Waals surface area contributed by atoms with Crippen LogP contribution in [-0.2, 0) is 0 Å². The standard InChI is InChI=1S/C8H17NO2/c1-3-8(6-10)4-7(11)5-9(8)2/h7,10-11H,3-6H2,1-2H3. The van der Waals surface area contributed by atoms with E-state index < -0.39 is 0 Å². The van der Waals surface area contributed by atoms with E-state index in [4.69, 9.17) is 5.11 Å². The van der Waals surface area contributed by atoms with Crippen LogP contribution in [0.5, 0.6) is 0 Å². The summed E-state index contributed by atoms with van der Waals surface area (Å²) in [4.78, 5) is 2.05. The molecule has 0 aromatic rings. The van der Waals surface area contributed by atoms with Crippen molar-refractivity contribution in [2.75, 3.05) is 20.2 Å². The summed E-state index contributed by atoms with van der Waals surface area (Å²) in [6, 6.07) is 0. The normalized spacial score (nSPS) is 39.8. The minimum atomic E-state index is -0.257. The Morgan fingerprint density at radius 3 is 2.45 bits per heavy atom. The van der Waals surface area contributed by atoms with Crippen LogP contribution >= 0.6 is 0 Å². The van der Waals surface area contributed by atoms with Crippen molar-refractivity contribution in [1.82, 2.24) is 4.90 Å². The highest BCUT2D eigenvalue weighted by Crippen LogP contribution is 2.30. The maximum Gasteiger partial charge on any atom is 0.0685 e. The Morgan fingerprint density at radius 2 is 2.27 bits per heavy atom.